The van der Waals surface area contributed by atoms with Crippen LogP contribution >= 0.6 is 0 Å². The Morgan fingerprint density at radius 3 is 1.94 bits per heavy atom. The lowest BCUT2D eigenvalue weighted by atomic mass is 9.95. The van der Waals surface area contributed by atoms with Gasteiger partial charge in [0.25, 0.3) is 0 Å². The quantitative estimate of drug-likeness (QED) is 0.817. The van der Waals surface area contributed by atoms with Crippen molar-refractivity contribution in [3.05, 3.63) is 0 Å². The average Bonchev–Trinajstić information content (AvgIpc) is 2.25. The molecule has 18 heavy (non-hydrogen) atoms. The molecule has 0 spiro atoms. The molecule has 0 radical (unpaired) electrons. The lowest BCUT2D eigenvalue weighted by Gasteiger charge is -2.37. The highest BCUT2D eigenvalue weighted by molar-refractivity contribution is 4.77. The van der Waals surface area contributed by atoms with Gasteiger partial charge in [0.2, 0.25) is 0 Å². The van der Waals surface area contributed by atoms with Crippen molar-refractivity contribution in [2.24, 2.45) is 17.6 Å². The number of piperazine rings is 1. The van der Waals surface area contributed by atoms with Crippen LogP contribution in [0.2, 0.25) is 0 Å². The predicted molar refractivity (Wildman–Crippen MR) is 66.3 cm³/mol. The molecule has 0 aromatic carbocycles. The fourth-order valence-electron chi connectivity index (χ4n) is 2.27. The van der Waals surface area contributed by atoms with E-state index in [9.17, 15) is 13.2 Å². The number of halogens is 3. The molecule has 0 amide bonds. The molecule has 0 saturated carbocycles. The predicted octanol–water partition coefficient (Wildman–Crippen LogP) is 1.40. The van der Waals surface area contributed by atoms with Crippen LogP contribution in [0.15, 0.2) is 0 Å². The first-order valence-corrected chi connectivity index (χ1v) is 6.53. The molecule has 0 bridgehead atoms. The van der Waals surface area contributed by atoms with Crippen LogP contribution < -0.4 is 5.73 Å². The normalized spacial score (nSPS) is 21.5. The van der Waals surface area contributed by atoms with Gasteiger partial charge in [0.15, 0.2) is 0 Å². The summed E-state index contributed by atoms with van der Waals surface area (Å²) < 4.78 is 36.7. The van der Waals surface area contributed by atoms with Crippen molar-refractivity contribution in [3.8, 4) is 0 Å². The first kappa shape index (κ1) is 15.7. The third-order valence-corrected chi connectivity index (χ3v) is 3.61. The fraction of sp³-hybridized carbons (Fsp3) is 1.00. The third kappa shape index (κ3) is 5.54. The lowest BCUT2D eigenvalue weighted by Crippen LogP contribution is -2.51. The van der Waals surface area contributed by atoms with Gasteiger partial charge in [0, 0.05) is 32.7 Å². The highest BCUT2D eigenvalue weighted by atomic mass is 19.4. The highest BCUT2D eigenvalue weighted by Gasteiger charge is 2.32. The molecule has 1 aliphatic heterocycles. The van der Waals surface area contributed by atoms with Crippen molar-refractivity contribution in [1.29, 1.82) is 0 Å². The minimum Gasteiger partial charge on any atom is -0.330 e. The smallest absolute Gasteiger partial charge is 0.330 e. The topological polar surface area (TPSA) is 32.5 Å². The molecule has 108 valence electrons. The molecule has 6 heteroatoms. The van der Waals surface area contributed by atoms with Crippen LogP contribution in [0.4, 0.5) is 13.2 Å². The molecule has 1 aliphatic rings. The molecule has 1 rings (SSSR count). The van der Waals surface area contributed by atoms with Gasteiger partial charge in [0.1, 0.15) is 0 Å². The molecule has 0 aromatic heterocycles. The molecule has 3 nitrogen and oxygen atoms in total. The van der Waals surface area contributed by atoms with E-state index in [1.165, 1.54) is 4.90 Å². The zero-order valence-electron chi connectivity index (χ0n) is 11.2. The summed E-state index contributed by atoms with van der Waals surface area (Å²) in [7, 11) is 0. The summed E-state index contributed by atoms with van der Waals surface area (Å²) in [5.41, 5.74) is 5.72. The van der Waals surface area contributed by atoms with E-state index < -0.39 is 12.7 Å². The summed E-state index contributed by atoms with van der Waals surface area (Å²) in [6, 6.07) is 0. The summed E-state index contributed by atoms with van der Waals surface area (Å²) in [6.45, 7) is 7.43. The van der Waals surface area contributed by atoms with E-state index in [0.29, 0.717) is 44.6 Å². The van der Waals surface area contributed by atoms with E-state index in [-0.39, 0.29) is 0 Å². The van der Waals surface area contributed by atoms with E-state index in [1.54, 1.807) is 0 Å². The summed E-state index contributed by atoms with van der Waals surface area (Å²) >= 11 is 0. The summed E-state index contributed by atoms with van der Waals surface area (Å²) in [5.74, 6) is 0.947. The molecule has 1 fully saturated rings. The number of nitrogens with zero attached hydrogens (tertiary/aromatic N) is 2. The Bertz CT molecular complexity index is 235. The van der Waals surface area contributed by atoms with Crippen molar-refractivity contribution in [3.63, 3.8) is 0 Å². The standard InChI is InChI=1S/C12H24F3N3/c1-10(2)11(7-16)8-17-3-5-18(6-4-17)9-12(13,14)15/h10-11H,3-9,16H2,1-2H3. The SMILES string of the molecule is CC(C)C(CN)CN1CCN(CC(F)(F)F)CC1. The highest BCUT2D eigenvalue weighted by Crippen LogP contribution is 2.18. The Kier molecular flexibility index (Phi) is 5.88. The van der Waals surface area contributed by atoms with Gasteiger partial charge < -0.3 is 10.6 Å². The molecular weight excluding hydrogens is 243 g/mol. The molecule has 1 heterocycles. The van der Waals surface area contributed by atoms with Crippen molar-refractivity contribution in [2.45, 2.75) is 20.0 Å². The second-order valence-electron chi connectivity index (χ2n) is 5.43. The van der Waals surface area contributed by atoms with Gasteiger partial charge in [-0.25, -0.2) is 0 Å². The number of alkyl halides is 3. The van der Waals surface area contributed by atoms with E-state index in [1.807, 2.05) is 0 Å². The number of hydrogen-bond acceptors (Lipinski definition) is 3. The van der Waals surface area contributed by atoms with E-state index in [4.69, 9.17) is 5.73 Å². The second kappa shape index (κ2) is 6.73. The van der Waals surface area contributed by atoms with Crippen LogP contribution in [0, 0.1) is 11.8 Å². The van der Waals surface area contributed by atoms with Crippen LogP contribution in [0.1, 0.15) is 13.8 Å². The molecular formula is C12H24F3N3. The van der Waals surface area contributed by atoms with Crippen LogP contribution in [0.3, 0.4) is 0 Å². The molecule has 2 N–H and O–H groups in total. The Balaban J connectivity index is 2.31. The van der Waals surface area contributed by atoms with E-state index in [0.717, 1.165) is 6.54 Å². The van der Waals surface area contributed by atoms with Gasteiger partial charge in [0.05, 0.1) is 6.54 Å². The molecule has 1 unspecified atom stereocenters. The van der Waals surface area contributed by atoms with Gasteiger partial charge in [-0.2, -0.15) is 13.2 Å². The molecule has 1 atom stereocenters. The van der Waals surface area contributed by atoms with Gasteiger partial charge in [-0.1, -0.05) is 13.8 Å². The van der Waals surface area contributed by atoms with Gasteiger partial charge in [-0.05, 0) is 18.4 Å². The van der Waals surface area contributed by atoms with Crippen molar-refractivity contribution >= 4 is 0 Å². The Hall–Kier alpha value is -0.330. The van der Waals surface area contributed by atoms with Crippen LogP contribution in [-0.2, 0) is 0 Å². The minimum atomic E-state index is -4.08. The zero-order chi connectivity index (χ0) is 13.8. The first-order valence-electron chi connectivity index (χ1n) is 6.53. The van der Waals surface area contributed by atoms with E-state index >= 15 is 0 Å². The fourth-order valence-corrected chi connectivity index (χ4v) is 2.27. The third-order valence-electron chi connectivity index (χ3n) is 3.61. The Morgan fingerprint density at radius 1 is 1.06 bits per heavy atom. The molecule has 0 aliphatic carbocycles. The summed E-state index contributed by atoms with van der Waals surface area (Å²) in [4.78, 5) is 3.70. The maximum Gasteiger partial charge on any atom is 0.401 e. The number of nitrogens with two attached hydrogens (primary N) is 1. The lowest BCUT2D eigenvalue weighted by molar-refractivity contribution is -0.149. The number of rotatable bonds is 5. The van der Waals surface area contributed by atoms with Crippen LogP contribution in [-0.4, -0.2) is 61.8 Å². The average molecular weight is 267 g/mol. The first-order chi connectivity index (χ1) is 8.31. The summed E-state index contributed by atoms with van der Waals surface area (Å²) in [6.07, 6.45) is -4.08. The number of hydrogen-bond donors (Lipinski definition) is 1. The Labute approximate surface area is 107 Å². The maximum atomic E-state index is 12.2. The van der Waals surface area contributed by atoms with Crippen molar-refractivity contribution in [1.82, 2.24) is 9.80 Å². The van der Waals surface area contributed by atoms with Gasteiger partial charge >= 0.3 is 6.18 Å². The molecule has 1 saturated heterocycles. The van der Waals surface area contributed by atoms with Crippen LogP contribution in [0.25, 0.3) is 0 Å². The van der Waals surface area contributed by atoms with Gasteiger partial charge in [-0.3, -0.25) is 4.90 Å². The van der Waals surface area contributed by atoms with Crippen molar-refractivity contribution < 1.29 is 13.2 Å². The van der Waals surface area contributed by atoms with Crippen LogP contribution in [0.5, 0.6) is 0 Å². The van der Waals surface area contributed by atoms with Gasteiger partial charge in [-0.15, -0.1) is 0 Å². The zero-order valence-corrected chi connectivity index (χ0v) is 11.2. The second-order valence-corrected chi connectivity index (χ2v) is 5.43. The Morgan fingerprint density at radius 2 is 1.56 bits per heavy atom. The minimum absolute atomic E-state index is 0.430. The summed E-state index contributed by atoms with van der Waals surface area (Å²) in [5, 5.41) is 0. The maximum absolute atomic E-state index is 12.2. The molecule has 0 aromatic rings. The van der Waals surface area contributed by atoms with Crippen molar-refractivity contribution in [2.75, 3.05) is 45.8 Å². The monoisotopic (exact) mass is 267 g/mol. The van der Waals surface area contributed by atoms with E-state index in [2.05, 4.69) is 18.7 Å². The largest absolute Gasteiger partial charge is 0.401 e.